The summed E-state index contributed by atoms with van der Waals surface area (Å²) >= 11 is 0. The Kier molecular flexibility index (Phi) is 5.76. The van der Waals surface area contributed by atoms with Crippen LogP contribution in [-0.2, 0) is 6.42 Å². The Morgan fingerprint density at radius 2 is 2.13 bits per heavy atom. The zero-order valence-electron chi connectivity index (χ0n) is 14.1. The lowest BCUT2D eigenvalue weighted by atomic mass is 10.0. The van der Waals surface area contributed by atoms with Crippen molar-refractivity contribution >= 4 is 5.91 Å². The number of rotatable bonds is 7. The summed E-state index contributed by atoms with van der Waals surface area (Å²) < 4.78 is 5.43. The third kappa shape index (κ3) is 4.10. The van der Waals surface area contributed by atoms with E-state index in [2.05, 4.69) is 20.4 Å². The molecule has 1 heterocycles. The molecule has 0 spiro atoms. The van der Waals surface area contributed by atoms with E-state index in [0.717, 1.165) is 23.4 Å². The van der Waals surface area contributed by atoms with Crippen molar-refractivity contribution in [3.63, 3.8) is 0 Å². The molecule has 0 fully saturated rings. The summed E-state index contributed by atoms with van der Waals surface area (Å²) in [5.74, 6) is 0.635. The van der Waals surface area contributed by atoms with Gasteiger partial charge in [-0.25, -0.2) is 0 Å². The number of nitrogens with zero attached hydrogens (tertiary/aromatic N) is 2. The van der Waals surface area contributed by atoms with Gasteiger partial charge in [0.05, 0.1) is 13.2 Å². The number of carbonyl (C=O) groups is 1. The quantitative estimate of drug-likeness (QED) is 0.820. The Hall–Kier alpha value is -2.34. The van der Waals surface area contributed by atoms with Crippen molar-refractivity contribution in [1.29, 1.82) is 0 Å². The second-order valence-electron chi connectivity index (χ2n) is 5.56. The summed E-state index contributed by atoms with van der Waals surface area (Å²) in [6.07, 6.45) is 0.821. The number of benzene rings is 1. The Bertz CT molecular complexity index is 652. The maximum atomic E-state index is 12.2. The molecule has 1 amide bonds. The van der Waals surface area contributed by atoms with Crippen molar-refractivity contribution in [2.45, 2.75) is 19.4 Å². The van der Waals surface area contributed by atoms with Gasteiger partial charge in [-0.05, 0) is 32.6 Å². The Balaban J connectivity index is 2.09. The number of H-pyrrole nitrogens is 1. The molecular formula is C17H24N4O2. The molecule has 23 heavy (non-hydrogen) atoms. The molecule has 0 aliphatic carbocycles. The molecule has 0 aliphatic rings. The first-order valence-corrected chi connectivity index (χ1v) is 7.68. The molecule has 1 aromatic heterocycles. The van der Waals surface area contributed by atoms with Gasteiger partial charge in [0.1, 0.15) is 11.4 Å². The van der Waals surface area contributed by atoms with E-state index in [-0.39, 0.29) is 11.9 Å². The molecule has 2 aromatic rings. The lowest BCUT2D eigenvalue weighted by molar-refractivity contribution is 0.0936. The van der Waals surface area contributed by atoms with Crippen molar-refractivity contribution in [2.75, 3.05) is 27.7 Å². The predicted molar refractivity (Wildman–Crippen MR) is 89.7 cm³/mol. The summed E-state index contributed by atoms with van der Waals surface area (Å²) in [6.45, 7) is 2.49. The van der Waals surface area contributed by atoms with Crippen LogP contribution in [0, 0.1) is 0 Å². The molecule has 1 atom stereocenters. The van der Waals surface area contributed by atoms with Crippen LogP contribution in [0.1, 0.15) is 34.7 Å². The number of para-hydroxylation sites is 1. The number of methoxy groups -OCH3 is 1. The highest BCUT2D eigenvalue weighted by atomic mass is 16.5. The second kappa shape index (κ2) is 7.78. The van der Waals surface area contributed by atoms with E-state index in [1.165, 1.54) is 0 Å². The molecule has 6 heteroatoms. The molecule has 0 bridgehead atoms. The summed E-state index contributed by atoms with van der Waals surface area (Å²) in [5.41, 5.74) is 2.40. The molecule has 0 saturated heterocycles. The fraction of sp³-hybridized carbons (Fsp3) is 0.412. The van der Waals surface area contributed by atoms with Crippen LogP contribution in [0.15, 0.2) is 30.3 Å². The average molecular weight is 316 g/mol. The van der Waals surface area contributed by atoms with Gasteiger partial charge in [0, 0.05) is 17.8 Å². The second-order valence-corrected chi connectivity index (χ2v) is 5.56. The topological polar surface area (TPSA) is 70.2 Å². The number of hydrogen-bond donors (Lipinski definition) is 2. The Morgan fingerprint density at radius 1 is 1.39 bits per heavy atom. The maximum Gasteiger partial charge on any atom is 0.271 e. The highest BCUT2D eigenvalue weighted by molar-refractivity contribution is 5.92. The third-order valence-corrected chi connectivity index (χ3v) is 3.82. The van der Waals surface area contributed by atoms with Gasteiger partial charge < -0.3 is 15.0 Å². The number of aryl methyl sites for hydroxylation is 1. The molecule has 6 nitrogen and oxygen atoms in total. The maximum absolute atomic E-state index is 12.2. The Labute approximate surface area is 136 Å². The molecule has 0 saturated carbocycles. The first-order valence-electron chi connectivity index (χ1n) is 7.68. The minimum absolute atomic E-state index is 0.0136. The van der Waals surface area contributed by atoms with Crippen molar-refractivity contribution in [3.05, 3.63) is 47.3 Å². The molecule has 2 rings (SSSR count). The zero-order valence-corrected chi connectivity index (χ0v) is 14.1. The van der Waals surface area contributed by atoms with Crippen LogP contribution in [0.3, 0.4) is 0 Å². The fourth-order valence-corrected chi connectivity index (χ4v) is 2.45. The Morgan fingerprint density at radius 3 is 2.74 bits per heavy atom. The first-order chi connectivity index (χ1) is 11.1. The van der Waals surface area contributed by atoms with E-state index in [4.69, 9.17) is 4.74 Å². The average Bonchev–Trinajstić information content (AvgIpc) is 3.04. The van der Waals surface area contributed by atoms with E-state index in [1.807, 2.05) is 45.3 Å². The van der Waals surface area contributed by atoms with Crippen molar-refractivity contribution in [1.82, 2.24) is 20.4 Å². The summed E-state index contributed by atoms with van der Waals surface area (Å²) in [7, 11) is 5.61. The summed E-state index contributed by atoms with van der Waals surface area (Å²) in [5, 5.41) is 9.85. The lowest BCUT2D eigenvalue weighted by Crippen LogP contribution is -2.34. The standard InChI is InChI=1S/C17H24N4O2/c1-5-12-10-14(20-19-12)17(22)18-11-15(21(2)3)13-8-6-7-9-16(13)23-4/h6-10,15H,5,11H2,1-4H3,(H,18,22)(H,19,20). The van der Waals surface area contributed by atoms with Crippen LogP contribution < -0.4 is 10.1 Å². The number of hydrogen-bond acceptors (Lipinski definition) is 4. The highest BCUT2D eigenvalue weighted by Gasteiger charge is 2.20. The molecule has 0 aliphatic heterocycles. The number of nitrogens with one attached hydrogen (secondary N) is 2. The van der Waals surface area contributed by atoms with E-state index >= 15 is 0 Å². The molecule has 1 unspecified atom stereocenters. The number of aromatic amines is 1. The molecule has 0 radical (unpaired) electrons. The predicted octanol–water partition coefficient (Wildman–Crippen LogP) is 2.01. The number of likely N-dealkylation sites (N-methyl/N-ethyl adjacent to an activating group) is 1. The van der Waals surface area contributed by atoms with Gasteiger partial charge in [-0.2, -0.15) is 5.10 Å². The normalized spacial score (nSPS) is 12.2. The van der Waals surface area contributed by atoms with Crippen LogP contribution in [0.4, 0.5) is 0 Å². The van der Waals surface area contributed by atoms with Gasteiger partial charge in [-0.1, -0.05) is 25.1 Å². The molecule has 124 valence electrons. The van der Waals surface area contributed by atoms with E-state index in [1.54, 1.807) is 13.2 Å². The first kappa shape index (κ1) is 17.0. The van der Waals surface area contributed by atoms with Crippen molar-refractivity contribution < 1.29 is 9.53 Å². The van der Waals surface area contributed by atoms with Crippen molar-refractivity contribution in [2.24, 2.45) is 0 Å². The van der Waals surface area contributed by atoms with Gasteiger partial charge in [0.2, 0.25) is 0 Å². The smallest absolute Gasteiger partial charge is 0.271 e. The van der Waals surface area contributed by atoms with Gasteiger partial charge in [-0.15, -0.1) is 0 Å². The van der Waals surface area contributed by atoms with Gasteiger partial charge >= 0.3 is 0 Å². The SMILES string of the molecule is CCc1cc(C(=O)NCC(c2ccccc2OC)N(C)C)n[nH]1. The summed E-state index contributed by atoms with van der Waals surface area (Å²) in [6, 6.07) is 9.64. The van der Waals surface area contributed by atoms with Crippen LogP contribution in [0.25, 0.3) is 0 Å². The van der Waals surface area contributed by atoms with Crippen LogP contribution in [0.2, 0.25) is 0 Å². The zero-order chi connectivity index (χ0) is 16.8. The van der Waals surface area contributed by atoms with Gasteiger partial charge in [0.15, 0.2) is 0 Å². The highest BCUT2D eigenvalue weighted by Crippen LogP contribution is 2.27. The van der Waals surface area contributed by atoms with E-state index in [9.17, 15) is 4.79 Å². The third-order valence-electron chi connectivity index (χ3n) is 3.82. The number of carbonyl (C=O) groups excluding carboxylic acids is 1. The largest absolute Gasteiger partial charge is 0.496 e. The van der Waals surface area contributed by atoms with Crippen molar-refractivity contribution in [3.8, 4) is 5.75 Å². The van der Waals surface area contributed by atoms with Gasteiger partial charge in [0.25, 0.3) is 5.91 Å². The van der Waals surface area contributed by atoms with Crippen LogP contribution in [-0.4, -0.2) is 48.8 Å². The van der Waals surface area contributed by atoms with Crippen LogP contribution >= 0.6 is 0 Å². The van der Waals surface area contributed by atoms with Crippen LogP contribution in [0.5, 0.6) is 5.75 Å². The minimum atomic E-state index is -0.178. The fourth-order valence-electron chi connectivity index (χ4n) is 2.45. The number of aromatic nitrogens is 2. The molecule has 2 N–H and O–H groups in total. The molecular weight excluding hydrogens is 292 g/mol. The van der Waals surface area contributed by atoms with E-state index < -0.39 is 0 Å². The lowest BCUT2D eigenvalue weighted by Gasteiger charge is -2.26. The monoisotopic (exact) mass is 316 g/mol. The number of amides is 1. The number of ether oxygens (including phenoxy) is 1. The summed E-state index contributed by atoms with van der Waals surface area (Å²) in [4.78, 5) is 14.3. The van der Waals surface area contributed by atoms with E-state index in [0.29, 0.717) is 12.2 Å². The molecule has 1 aromatic carbocycles. The van der Waals surface area contributed by atoms with Gasteiger partial charge in [-0.3, -0.25) is 9.89 Å². The minimum Gasteiger partial charge on any atom is -0.496 e.